The monoisotopic (exact) mass is 426 g/mol. The van der Waals surface area contributed by atoms with Crippen LogP contribution in [0.5, 0.6) is 5.75 Å². The van der Waals surface area contributed by atoms with Crippen molar-refractivity contribution in [3.05, 3.63) is 48.3 Å². The van der Waals surface area contributed by atoms with Gasteiger partial charge in [-0.2, -0.15) is 0 Å². The predicted octanol–water partition coefficient (Wildman–Crippen LogP) is 4.77. The summed E-state index contributed by atoms with van der Waals surface area (Å²) < 4.78 is 8.22. The van der Waals surface area contributed by atoms with Crippen LogP contribution >= 0.6 is 11.8 Å². The molecule has 6 nitrogen and oxygen atoms in total. The van der Waals surface area contributed by atoms with E-state index < -0.39 is 0 Å². The normalized spacial score (nSPS) is 11.0. The van der Waals surface area contributed by atoms with E-state index in [0.717, 1.165) is 60.0 Å². The lowest BCUT2D eigenvalue weighted by Gasteiger charge is -2.18. The van der Waals surface area contributed by atoms with Gasteiger partial charge in [-0.25, -0.2) is 0 Å². The molecule has 7 heteroatoms. The second kappa shape index (κ2) is 11.0. The van der Waals surface area contributed by atoms with Crippen molar-refractivity contribution in [2.24, 2.45) is 0 Å². The van der Waals surface area contributed by atoms with Gasteiger partial charge in [0.15, 0.2) is 11.0 Å². The zero-order valence-electron chi connectivity index (χ0n) is 18.0. The highest BCUT2D eigenvalue weighted by Gasteiger charge is 2.17. The topological polar surface area (TPSA) is 60.2 Å². The molecule has 0 aliphatic rings. The van der Waals surface area contributed by atoms with Gasteiger partial charge in [-0.05, 0) is 31.7 Å². The van der Waals surface area contributed by atoms with Crippen LogP contribution in [0.25, 0.3) is 10.8 Å². The second-order valence-electron chi connectivity index (χ2n) is 7.02. The Morgan fingerprint density at radius 2 is 1.83 bits per heavy atom. The highest BCUT2D eigenvalue weighted by Crippen LogP contribution is 2.26. The Hall–Kier alpha value is -2.54. The summed E-state index contributed by atoms with van der Waals surface area (Å²) in [7, 11) is 0. The number of carbonyl (C=O) groups excluding carboxylic acids is 1. The van der Waals surface area contributed by atoms with Crippen LogP contribution in [0.1, 0.15) is 39.4 Å². The molecule has 0 saturated carbocycles. The number of aromatic nitrogens is 3. The van der Waals surface area contributed by atoms with E-state index in [0.29, 0.717) is 12.4 Å². The second-order valence-corrected chi connectivity index (χ2v) is 7.97. The van der Waals surface area contributed by atoms with E-state index in [1.54, 1.807) is 0 Å². The molecule has 1 aromatic heterocycles. The molecule has 0 spiro atoms. The van der Waals surface area contributed by atoms with Gasteiger partial charge in [0.25, 0.3) is 0 Å². The molecule has 0 aliphatic carbocycles. The van der Waals surface area contributed by atoms with Crippen molar-refractivity contribution in [2.45, 2.75) is 51.9 Å². The van der Waals surface area contributed by atoms with E-state index in [-0.39, 0.29) is 5.91 Å². The molecule has 0 aliphatic heterocycles. The van der Waals surface area contributed by atoms with Gasteiger partial charge in [0.05, 0.1) is 5.75 Å². The minimum Gasteiger partial charge on any atom is -0.485 e. The number of hydrogen-bond acceptors (Lipinski definition) is 5. The molecule has 0 radical (unpaired) electrons. The standard InChI is InChI=1S/C23H30N4O2S/c1-4-7-15-27-21(24-25-23(27)30-17-22(28)26(5-2)6-3)16-29-20-14-10-12-18-11-8-9-13-19(18)20/h8-14H,4-7,15-17H2,1-3H3. The molecule has 1 amide bonds. The number of carbonyl (C=O) groups is 1. The number of fused-ring (bicyclic) bond motifs is 1. The quantitative estimate of drug-likeness (QED) is 0.413. The lowest BCUT2D eigenvalue weighted by Crippen LogP contribution is -2.32. The van der Waals surface area contributed by atoms with Crippen LogP contribution in [-0.4, -0.2) is 44.4 Å². The molecule has 0 N–H and O–H groups in total. The Kier molecular flexibility index (Phi) is 8.13. The fraction of sp³-hybridized carbons (Fsp3) is 0.435. The predicted molar refractivity (Wildman–Crippen MR) is 122 cm³/mol. The zero-order valence-corrected chi connectivity index (χ0v) is 18.8. The summed E-state index contributed by atoms with van der Waals surface area (Å²) in [5.41, 5.74) is 0. The number of benzene rings is 2. The van der Waals surface area contributed by atoms with E-state index >= 15 is 0 Å². The van der Waals surface area contributed by atoms with E-state index in [1.165, 1.54) is 11.8 Å². The summed E-state index contributed by atoms with van der Waals surface area (Å²) in [6, 6.07) is 14.2. The van der Waals surface area contributed by atoms with Gasteiger partial charge < -0.3 is 14.2 Å². The Labute approximate surface area is 182 Å². The lowest BCUT2D eigenvalue weighted by molar-refractivity contribution is -0.127. The number of hydrogen-bond donors (Lipinski definition) is 0. The zero-order chi connectivity index (χ0) is 21.3. The van der Waals surface area contributed by atoms with Crippen LogP contribution in [0.3, 0.4) is 0 Å². The molecule has 0 unspecified atom stereocenters. The average molecular weight is 427 g/mol. The Morgan fingerprint density at radius 3 is 2.60 bits per heavy atom. The summed E-state index contributed by atoms with van der Waals surface area (Å²) in [6.07, 6.45) is 2.10. The summed E-state index contributed by atoms with van der Waals surface area (Å²) in [5, 5.41) is 11.7. The maximum Gasteiger partial charge on any atom is 0.233 e. The summed E-state index contributed by atoms with van der Waals surface area (Å²) >= 11 is 1.45. The minimum atomic E-state index is 0.128. The fourth-order valence-electron chi connectivity index (χ4n) is 3.33. The molecular formula is C23H30N4O2S. The molecule has 2 aromatic carbocycles. The Balaban J connectivity index is 1.73. The van der Waals surface area contributed by atoms with Gasteiger partial charge >= 0.3 is 0 Å². The van der Waals surface area contributed by atoms with Gasteiger partial charge in [-0.1, -0.05) is 61.5 Å². The van der Waals surface area contributed by atoms with Crippen molar-refractivity contribution >= 4 is 28.4 Å². The molecule has 3 rings (SSSR count). The van der Waals surface area contributed by atoms with E-state index in [1.807, 2.05) is 43.0 Å². The molecule has 0 fully saturated rings. The SMILES string of the molecule is CCCCn1c(COc2cccc3ccccc23)nnc1SCC(=O)N(CC)CC. The van der Waals surface area contributed by atoms with Crippen molar-refractivity contribution in [3.63, 3.8) is 0 Å². The maximum atomic E-state index is 12.4. The Bertz CT molecular complexity index is 963. The number of thioether (sulfide) groups is 1. The third-order valence-corrected chi connectivity index (χ3v) is 6.03. The number of unbranched alkanes of at least 4 members (excludes halogenated alkanes) is 1. The molecule has 0 saturated heterocycles. The lowest BCUT2D eigenvalue weighted by atomic mass is 10.1. The average Bonchev–Trinajstić information content (AvgIpc) is 3.17. The van der Waals surface area contributed by atoms with Crippen molar-refractivity contribution in [1.29, 1.82) is 0 Å². The van der Waals surface area contributed by atoms with E-state index in [4.69, 9.17) is 4.74 Å². The van der Waals surface area contributed by atoms with Gasteiger partial charge in [0, 0.05) is 25.0 Å². The van der Waals surface area contributed by atoms with Crippen molar-refractivity contribution in [2.75, 3.05) is 18.8 Å². The molecule has 30 heavy (non-hydrogen) atoms. The molecule has 0 bridgehead atoms. The summed E-state index contributed by atoms with van der Waals surface area (Å²) in [6.45, 7) is 8.77. The number of ether oxygens (including phenoxy) is 1. The summed E-state index contributed by atoms with van der Waals surface area (Å²) in [5.74, 6) is 2.12. The molecule has 160 valence electrons. The molecule has 3 aromatic rings. The minimum absolute atomic E-state index is 0.128. The first kappa shape index (κ1) is 22.2. The maximum absolute atomic E-state index is 12.4. The molecule has 0 atom stereocenters. The first-order valence-corrected chi connectivity index (χ1v) is 11.6. The Morgan fingerprint density at radius 1 is 1.07 bits per heavy atom. The van der Waals surface area contributed by atoms with E-state index in [9.17, 15) is 4.79 Å². The first-order valence-electron chi connectivity index (χ1n) is 10.6. The van der Waals surface area contributed by atoms with Crippen molar-refractivity contribution in [1.82, 2.24) is 19.7 Å². The number of rotatable bonds is 11. The van der Waals surface area contributed by atoms with Crippen LogP contribution in [0.15, 0.2) is 47.6 Å². The first-order chi connectivity index (χ1) is 14.7. The van der Waals surface area contributed by atoms with Crippen LogP contribution in [0, 0.1) is 0 Å². The van der Waals surface area contributed by atoms with Gasteiger partial charge in [0.2, 0.25) is 5.91 Å². The van der Waals surface area contributed by atoms with Crippen LogP contribution in [0.4, 0.5) is 0 Å². The third-order valence-electron chi connectivity index (χ3n) is 5.08. The van der Waals surface area contributed by atoms with Crippen LogP contribution < -0.4 is 4.74 Å². The van der Waals surface area contributed by atoms with Gasteiger partial charge in [0.1, 0.15) is 12.4 Å². The molecular weight excluding hydrogens is 396 g/mol. The number of amides is 1. The van der Waals surface area contributed by atoms with Crippen LogP contribution in [0.2, 0.25) is 0 Å². The smallest absolute Gasteiger partial charge is 0.233 e. The van der Waals surface area contributed by atoms with E-state index in [2.05, 4.69) is 39.9 Å². The van der Waals surface area contributed by atoms with Gasteiger partial charge in [-0.3, -0.25) is 4.79 Å². The van der Waals surface area contributed by atoms with Crippen molar-refractivity contribution in [3.8, 4) is 5.75 Å². The van der Waals surface area contributed by atoms with Crippen LogP contribution in [-0.2, 0) is 17.9 Å². The highest BCUT2D eigenvalue weighted by molar-refractivity contribution is 7.99. The number of nitrogens with zero attached hydrogens (tertiary/aromatic N) is 4. The van der Waals surface area contributed by atoms with Crippen molar-refractivity contribution < 1.29 is 9.53 Å². The summed E-state index contributed by atoms with van der Waals surface area (Å²) in [4.78, 5) is 14.2. The van der Waals surface area contributed by atoms with Gasteiger partial charge in [-0.15, -0.1) is 10.2 Å². The third kappa shape index (κ3) is 5.33. The highest BCUT2D eigenvalue weighted by atomic mass is 32.2. The fourth-order valence-corrected chi connectivity index (χ4v) is 4.22. The molecule has 1 heterocycles. The largest absolute Gasteiger partial charge is 0.485 e.